The maximum absolute atomic E-state index is 5.12. The molecule has 0 saturated heterocycles. The summed E-state index contributed by atoms with van der Waals surface area (Å²) >= 11 is 0. The molecule has 72 valence electrons. The Morgan fingerprint density at radius 3 is 2.69 bits per heavy atom. The van der Waals surface area contributed by atoms with Gasteiger partial charge in [0, 0.05) is 6.54 Å². The number of hydrogen-bond donors (Lipinski definition) is 1. The minimum atomic E-state index is 0.694. The largest absolute Gasteiger partial charge is 0.497 e. The van der Waals surface area contributed by atoms with Crippen molar-refractivity contribution in [3.8, 4) is 5.75 Å². The summed E-state index contributed by atoms with van der Waals surface area (Å²) in [6.07, 6.45) is 0. The van der Waals surface area contributed by atoms with Crippen LogP contribution in [0.3, 0.4) is 0 Å². The van der Waals surface area contributed by atoms with Gasteiger partial charge in [0.1, 0.15) is 5.75 Å². The maximum Gasteiger partial charge on any atom is 0.119 e. The standard InChI is InChI=1S/C10H15NO2/c1-8-4-5-10(12-2)6-9(8)7-11-13-3/h4-6,11H,7H2,1-3H3. The van der Waals surface area contributed by atoms with Crippen LogP contribution in [0.25, 0.3) is 0 Å². The first-order chi connectivity index (χ1) is 6.27. The maximum atomic E-state index is 5.12. The lowest BCUT2D eigenvalue weighted by Crippen LogP contribution is -2.11. The topological polar surface area (TPSA) is 30.5 Å². The van der Waals surface area contributed by atoms with Gasteiger partial charge in [0.2, 0.25) is 0 Å². The minimum Gasteiger partial charge on any atom is -0.497 e. The normalized spacial score (nSPS) is 10.1. The van der Waals surface area contributed by atoms with E-state index in [1.807, 2.05) is 18.2 Å². The van der Waals surface area contributed by atoms with E-state index >= 15 is 0 Å². The van der Waals surface area contributed by atoms with E-state index in [9.17, 15) is 0 Å². The monoisotopic (exact) mass is 181 g/mol. The molecule has 0 aliphatic heterocycles. The molecule has 3 nitrogen and oxygen atoms in total. The molecule has 0 spiro atoms. The Morgan fingerprint density at radius 2 is 2.08 bits per heavy atom. The molecule has 0 bridgehead atoms. The Hall–Kier alpha value is -1.06. The smallest absolute Gasteiger partial charge is 0.119 e. The number of hydrogen-bond acceptors (Lipinski definition) is 3. The molecule has 1 N–H and O–H groups in total. The molecule has 1 rings (SSSR count). The Kier molecular flexibility index (Phi) is 3.73. The van der Waals surface area contributed by atoms with Gasteiger partial charge in [-0.15, -0.1) is 0 Å². The molecule has 0 radical (unpaired) electrons. The Balaban J connectivity index is 2.78. The first-order valence-electron chi connectivity index (χ1n) is 4.17. The summed E-state index contributed by atoms with van der Waals surface area (Å²) in [6, 6.07) is 5.98. The van der Waals surface area contributed by atoms with Crippen LogP contribution in [0.4, 0.5) is 0 Å². The van der Waals surface area contributed by atoms with Crippen molar-refractivity contribution >= 4 is 0 Å². The summed E-state index contributed by atoms with van der Waals surface area (Å²) in [5.41, 5.74) is 5.21. The molecular formula is C10H15NO2. The highest BCUT2D eigenvalue weighted by Crippen LogP contribution is 2.16. The van der Waals surface area contributed by atoms with Crippen LogP contribution >= 0.6 is 0 Å². The fourth-order valence-electron chi connectivity index (χ4n) is 1.12. The van der Waals surface area contributed by atoms with Crippen LogP contribution < -0.4 is 10.2 Å². The SMILES string of the molecule is CONCc1cc(OC)ccc1C. The molecule has 0 amide bonds. The zero-order valence-corrected chi connectivity index (χ0v) is 8.26. The summed E-state index contributed by atoms with van der Waals surface area (Å²) in [4.78, 5) is 4.78. The predicted molar refractivity (Wildman–Crippen MR) is 51.6 cm³/mol. The van der Waals surface area contributed by atoms with Crippen LogP contribution in [-0.4, -0.2) is 14.2 Å². The second-order valence-corrected chi connectivity index (χ2v) is 2.82. The van der Waals surface area contributed by atoms with Gasteiger partial charge in [-0.05, 0) is 30.2 Å². The summed E-state index contributed by atoms with van der Waals surface area (Å²) in [5.74, 6) is 0.874. The van der Waals surface area contributed by atoms with Crippen molar-refractivity contribution in [1.82, 2.24) is 5.48 Å². The van der Waals surface area contributed by atoms with Gasteiger partial charge in [-0.3, -0.25) is 0 Å². The number of benzene rings is 1. The number of nitrogens with one attached hydrogen (secondary N) is 1. The lowest BCUT2D eigenvalue weighted by Gasteiger charge is -2.08. The van der Waals surface area contributed by atoms with E-state index in [1.54, 1.807) is 14.2 Å². The van der Waals surface area contributed by atoms with E-state index in [4.69, 9.17) is 9.57 Å². The van der Waals surface area contributed by atoms with E-state index in [-0.39, 0.29) is 0 Å². The van der Waals surface area contributed by atoms with Crippen molar-refractivity contribution in [2.45, 2.75) is 13.5 Å². The van der Waals surface area contributed by atoms with Crippen LogP contribution in [0.5, 0.6) is 5.75 Å². The molecule has 0 fully saturated rings. The van der Waals surface area contributed by atoms with Crippen LogP contribution in [0.2, 0.25) is 0 Å². The van der Waals surface area contributed by atoms with Crippen LogP contribution in [0.15, 0.2) is 18.2 Å². The molecule has 0 aliphatic rings. The molecule has 0 saturated carbocycles. The summed E-state index contributed by atoms with van der Waals surface area (Å²) in [6.45, 7) is 2.76. The molecule has 0 heterocycles. The third kappa shape index (κ3) is 2.72. The Bertz CT molecular complexity index is 274. The van der Waals surface area contributed by atoms with Crippen molar-refractivity contribution in [1.29, 1.82) is 0 Å². The molecule has 1 aromatic rings. The number of ether oxygens (including phenoxy) is 1. The molecule has 0 aromatic heterocycles. The predicted octanol–water partition coefficient (Wildman–Crippen LogP) is 1.65. The summed E-state index contributed by atoms with van der Waals surface area (Å²) in [5, 5.41) is 0. The van der Waals surface area contributed by atoms with Crippen LogP contribution in [0, 0.1) is 6.92 Å². The highest BCUT2D eigenvalue weighted by atomic mass is 16.6. The third-order valence-corrected chi connectivity index (χ3v) is 1.96. The third-order valence-electron chi connectivity index (χ3n) is 1.96. The minimum absolute atomic E-state index is 0.694. The van der Waals surface area contributed by atoms with Crippen molar-refractivity contribution in [3.05, 3.63) is 29.3 Å². The zero-order chi connectivity index (χ0) is 9.68. The molecular weight excluding hydrogens is 166 g/mol. The second kappa shape index (κ2) is 4.84. The Labute approximate surface area is 78.6 Å². The van der Waals surface area contributed by atoms with Crippen molar-refractivity contribution in [2.24, 2.45) is 0 Å². The fourth-order valence-corrected chi connectivity index (χ4v) is 1.12. The van der Waals surface area contributed by atoms with Crippen LogP contribution in [-0.2, 0) is 11.4 Å². The molecule has 0 aliphatic carbocycles. The average molecular weight is 181 g/mol. The number of hydroxylamine groups is 1. The molecule has 3 heteroatoms. The first kappa shape index (κ1) is 10.0. The van der Waals surface area contributed by atoms with Gasteiger partial charge in [-0.1, -0.05) is 6.07 Å². The molecule has 1 aromatic carbocycles. The van der Waals surface area contributed by atoms with E-state index in [0.29, 0.717) is 6.54 Å². The van der Waals surface area contributed by atoms with Gasteiger partial charge in [0.15, 0.2) is 0 Å². The van der Waals surface area contributed by atoms with Crippen LogP contribution in [0.1, 0.15) is 11.1 Å². The number of rotatable bonds is 4. The second-order valence-electron chi connectivity index (χ2n) is 2.82. The number of methoxy groups -OCH3 is 1. The first-order valence-corrected chi connectivity index (χ1v) is 4.17. The average Bonchev–Trinajstić information content (AvgIpc) is 2.17. The van der Waals surface area contributed by atoms with E-state index in [1.165, 1.54) is 11.1 Å². The Morgan fingerprint density at radius 1 is 1.31 bits per heavy atom. The lowest BCUT2D eigenvalue weighted by molar-refractivity contribution is 0.0865. The molecule has 0 atom stereocenters. The number of aryl methyl sites for hydroxylation is 1. The van der Waals surface area contributed by atoms with Gasteiger partial charge >= 0.3 is 0 Å². The molecule has 13 heavy (non-hydrogen) atoms. The summed E-state index contributed by atoms with van der Waals surface area (Å²) < 4.78 is 5.12. The van der Waals surface area contributed by atoms with E-state index in [0.717, 1.165) is 5.75 Å². The highest BCUT2D eigenvalue weighted by molar-refractivity contribution is 5.34. The quantitative estimate of drug-likeness (QED) is 0.716. The van der Waals surface area contributed by atoms with E-state index < -0.39 is 0 Å². The van der Waals surface area contributed by atoms with Gasteiger partial charge in [-0.25, -0.2) is 0 Å². The van der Waals surface area contributed by atoms with Gasteiger partial charge < -0.3 is 9.57 Å². The van der Waals surface area contributed by atoms with Gasteiger partial charge in [0.25, 0.3) is 0 Å². The van der Waals surface area contributed by atoms with Gasteiger partial charge in [0.05, 0.1) is 14.2 Å². The van der Waals surface area contributed by atoms with E-state index in [2.05, 4.69) is 12.4 Å². The van der Waals surface area contributed by atoms with Crippen molar-refractivity contribution < 1.29 is 9.57 Å². The summed E-state index contributed by atoms with van der Waals surface area (Å²) in [7, 11) is 3.27. The zero-order valence-electron chi connectivity index (χ0n) is 8.26. The molecule has 0 unspecified atom stereocenters. The van der Waals surface area contributed by atoms with Gasteiger partial charge in [-0.2, -0.15) is 5.48 Å². The fraction of sp³-hybridized carbons (Fsp3) is 0.400. The van der Waals surface area contributed by atoms with Crippen molar-refractivity contribution in [3.63, 3.8) is 0 Å². The highest BCUT2D eigenvalue weighted by Gasteiger charge is 1.99. The lowest BCUT2D eigenvalue weighted by atomic mass is 10.1. The van der Waals surface area contributed by atoms with Crippen molar-refractivity contribution in [2.75, 3.05) is 14.2 Å².